The Morgan fingerprint density at radius 1 is 1.39 bits per heavy atom. The van der Waals surface area contributed by atoms with Crippen molar-refractivity contribution in [2.75, 3.05) is 56.6 Å². The smallest absolute Gasteiger partial charge is 0.241 e. The van der Waals surface area contributed by atoms with E-state index in [4.69, 9.17) is 0 Å². The summed E-state index contributed by atoms with van der Waals surface area (Å²) in [7, 11) is 3.42. The highest BCUT2D eigenvalue weighted by molar-refractivity contribution is 5.83. The van der Waals surface area contributed by atoms with Gasteiger partial charge in [0.2, 0.25) is 11.8 Å². The number of nitrogens with zero attached hydrogens (tertiary/aromatic N) is 5. The maximum Gasteiger partial charge on any atom is 0.241 e. The molecule has 1 saturated heterocycles. The van der Waals surface area contributed by atoms with Crippen molar-refractivity contribution in [2.45, 2.75) is 13.3 Å². The van der Waals surface area contributed by atoms with Crippen molar-refractivity contribution in [1.29, 1.82) is 0 Å². The molecular weight excluding hydrogens is 296 g/mol. The predicted octanol–water partition coefficient (Wildman–Crippen LogP) is -0.283. The highest BCUT2D eigenvalue weighted by Crippen LogP contribution is 2.19. The van der Waals surface area contributed by atoms with Gasteiger partial charge in [-0.15, -0.1) is 0 Å². The molecule has 126 valence electrons. The molecule has 0 aromatic carbocycles. The first kappa shape index (κ1) is 17.0. The highest BCUT2D eigenvalue weighted by Gasteiger charge is 2.23. The van der Waals surface area contributed by atoms with E-state index < -0.39 is 0 Å². The summed E-state index contributed by atoms with van der Waals surface area (Å²) in [6.07, 6.45) is 2.39. The molecule has 1 fully saturated rings. The summed E-state index contributed by atoms with van der Waals surface area (Å²) >= 11 is 0. The lowest BCUT2D eigenvalue weighted by Gasteiger charge is -2.33. The Kier molecular flexibility index (Phi) is 5.72. The van der Waals surface area contributed by atoms with Crippen molar-refractivity contribution in [3.8, 4) is 0 Å². The van der Waals surface area contributed by atoms with Crippen molar-refractivity contribution >= 4 is 23.5 Å². The van der Waals surface area contributed by atoms with Gasteiger partial charge < -0.3 is 20.0 Å². The SMILES string of the molecule is CCCN(CC(=O)NC)c1cc(N2CCN(C)C(=O)C2)ncn1. The second kappa shape index (κ2) is 7.75. The van der Waals surface area contributed by atoms with Gasteiger partial charge in [-0.25, -0.2) is 9.97 Å². The fraction of sp³-hybridized carbons (Fsp3) is 0.600. The molecule has 2 amide bonds. The van der Waals surface area contributed by atoms with E-state index in [1.807, 2.05) is 15.9 Å². The summed E-state index contributed by atoms with van der Waals surface area (Å²) in [5.74, 6) is 1.43. The minimum absolute atomic E-state index is 0.0617. The van der Waals surface area contributed by atoms with Gasteiger partial charge in [-0.3, -0.25) is 9.59 Å². The summed E-state index contributed by atoms with van der Waals surface area (Å²) < 4.78 is 0. The molecule has 2 heterocycles. The number of hydrogen-bond donors (Lipinski definition) is 1. The molecule has 1 N–H and O–H groups in total. The zero-order valence-electron chi connectivity index (χ0n) is 13.9. The van der Waals surface area contributed by atoms with Gasteiger partial charge in [-0.2, -0.15) is 0 Å². The van der Waals surface area contributed by atoms with Crippen LogP contribution in [-0.4, -0.2) is 73.5 Å². The Balaban J connectivity index is 2.16. The molecule has 23 heavy (non-hydrogen) atoms. The third-order valence-electron chi connectivity index (χ3n) is 3.85. The van der Waals surface area contributed by atoms with E-state index in [-0.39, 0.29) is 18.4 Å². The fourth-order valence-electron chi connectivity index (χ4n) is 2.43. The van der Waals surface area contributed by atoms with Crippen LogP contribution in [0.3, 0.4) is 0 Å². The first-order valence-corrected chi connectivity index (χ1v) is 7.81. The van der Waals surface area contributed by atoms with E-state index in [0.717, 1.165) is 25.3 Å². The maximum absolute atomic E-state index is 11.9. The molecule has 8 nitrogen and oxygen atoms in total. The van der Waals surface area contributed by atoms with Gasteiger partial charge in [0.05, 0.1) is 13.1 Å². The van der Waals surface area contributed by atoms with Gasteiger partial charge >= 0.3 is 0 Å². The third-order valence-corrected chi connectivity index (χ3v) is 3.85. The van der Waals surface area contributed by atoms with Crippen LogP contribution >= 0.6 is 0 Å². The Labute approximate surface area is 136 Å². The molecule has 1 aliphatic heterocycles. The van der Waals surface area contributed by atoms with Gasteiger partial charge in [0.25, 0.3) is 0 Å². The van der Waals surface area contributed by atoms with E-state index in [9.17, 15) is 9.59 Å². The van der Waals surface area contributed by atoms with Crippen LogP contribution in [-0.2, 0) is 9.59 Å². The van der Waals surface area contributed by atoms with Crippen LogP contribution in [0.25, 0.3) is 0 Å². The van der Waals surface area contributed by atoms with Gasteiger partial charge in [-0.05, 0) is 6.42 Å². The van der Waals surface area contributed by atoms with E-state index in [1.165, 1.54) is 6.33 Å². The van der Waals surface area contributed by atoms with Crippen molar-refractivity contribution in [1.82, 2.24) is 20.2 Å². The van der Waals surface area contributed by atoms with E-state index in [2.05, 4.69) is 22.2 Å². The summed E-state index contributed by atoms with van der Waals surface area (Å²) in [4.78, 5) is 37.7. The topological polar surface area (TPSA) is 81.7 Å². The zero-order valence-corrected chi connectivity index (χ0v) is 13.9. The summed E-state index contributed by atoms with van der Waals surface area (Å²) in [6.45, 7) is 4.76. The number of aromatic nitrogens is 2. The molecule has 1 aliphatic rings. The van der Waals surface area contributed by atoms with Crippen molar-refractivity contribution in [2.24, 2.45) is 0 Å². The number of piperazine rings is 1. The second-order valence-electron chi connectivity index (χ2n) is 5.57. The van der Waals surface area contributed by atoms with E-state index >= 15 is 0 Å². The summed E-state index contributed by atoms with van der Waals surface area (Å²) in [6, 6.07) is 1.84. The standard InChI is InChI=1S/C15H24N6O2/c1-4-5-20(9-14(22)16-2)12-8-13(18-11-17-12)21-7-6-19(3)15(23)10-21/h8,11H,4-7,9-10H2,1-3H3,(H,16,22). The Morgan fingerprint density at radius 2 is 2.17 bits per heavy atom. The molecular formula is C15H24N6O2. The molecule has 0 aliphatic carbocycles. The first-order chi connectivity index (χ1) is 11.0. The molecule has 0 saturated carbocycles. The van der Waals surface area contributed by atoms with E-state index in [0.29, 0.717) is 18.9 Å². The number of carbonyl (C=O) groups is 2. The molecule has 8 heteroatoms. The van der Waals surface area contributed by atoms with Crippen LogP contribution in [0, 0.1) is 0 Å². The summed E-state index contributed by atoms with van der Waals surface area (Å²) in [5, 5.41) is 2.63. The molecule has 1 aromatic heterocycles. The normalized spacial score (nSPS) is 14.8. The third kappa shape index (κ3) is 4.30. The number of carbonyl (C=O) groups excluding carboxylic acids is 2. The van der Waals surface area contributed by atoms with Crippen LogP contribution in [0.15, 0.2) is 12.4 Å². The quantitative estimate of drug-likeness (QED) is 0.776. The number of likely N-dealkylation sites (N-methyl/N-ethyl adjacent to an activating group) is 2. The maximum atomic E-state index is 11.9. The number of nitrogens with one attached hydrogen (secondary N) is 1. The van der Waals surface area contributed by atoms with Gasteiger partial charge in [-0.1, -0.05) is 6.92 Å². The number of rotatable bonds is 6. The molecule has 0 unspecified atom stereocenters. The van der Waals surface area contributed by atoms with Crippen molar-refractivity contribution in [3.63, 3.8) is 0 Å². The molecule has 0 radical (unpaired) electrons. The minimum atomic E-state index is -0.0617. The first-order valence-electron chi connectivity index (χ1n) is 7.81. The van der Waals surface area contributed by atoms with Gasteiger partial charge in [0.15, 0.2) is 0 Å². The molecule has 0 atom stereocenters. The average molecular weight is 320 g/mol. The largest absolute Gasteiger partial charge is 0.358 e. The lowest BCUT2D eigenvalue weighted by Crippen LogP contribution is -2.48. The minimum Gasteiger partial charge on any atom is -0.358 e. The predicted molar refractivity (Wildman–Crippen MR) is 88.5 cm³/mol. The highest BCUT2D eigenvalue weighted by atomic mass is 16.2. The van der Waals surface area contributed by atoms with Gasteiger partial charge in [0.1, 0.15) is 18.0 Å². The molecule has 0 spiro atoms. The summed E-state index contributed by atoms with van der Waals surface area (Å²) in [5.41, 5.74) is 0. The van der Waals surface area contributed by atoms with Crippen LogP contribution in [0.2, 0.25) is 0 Å². The van der Waals surface area contributed by atoms with Crippen LogP contribution in [0.5, 0.6) is 0 Å². The molecule has 1 aromatic rings. The Morgan fingerprint density at radius 3 is 2.83 bits per heavy atom. The Bertz CT molecular complexity index is 565. The fourth-order valence-corrected chi connectivity index (χ4v) is 2.43. The average Bonchev–Trinajstić information content (AvgIpc) is 2.57. The van der Waals surface area contributed by atoms with Crippen LogP contribution in [0.1, 0.15) is 13.3 Å². The molecule has 2 rings (SSSR count). The van der Waals surface area contributed by atoms with Crippen LogP contribution in [0.4, 0.5) is 11.6 Å². The number of anilines is 2. The lowest BCUT2D eigenvalue weighted by molar-refractivity contribution is -0.129. The second-order valence-corrected chi connectivity index (χ2v) is 5.57. The van der Waals surface area contributed by atoms with Crippen molar-refractivity contribution < 1.29 is 9.59 Å². The van der Waals surface area contributed by atoms with Crippen LogP contribution < -0.4 is 15.1 Å². The van der Waals surface area contributed by atoms with Gasteiger partial charge in [0, 0.05) is 39.8 Å². The lowest BCUT2D eigenvalue weighted by atomic mass is 10.3. The Hall–Kier alpha value is -2.38. The zero-order chi connectivity index (χ0) is 16.8. The molecule has 0 bridgehead atoms. The number of amides is 2. The number of hydrogen-bond acceptors (Lipinski definition) is 6. The van der Waals surface area contributed by atoms with Crippen molar-refractivity contribution in [3.05, 3.63) is 12.4 Å². The van der Waals surface area contributed by atoms with E-state index in [1.54, 1.807) is 19.0 Å². The monoisotopic (exact) mass is 320 g/mol.